The molecule has 2 fully saturated rings. The van der Waals surface area contributed by atoms with Gasteiger partial charge in [0.05, 0.1) is 24.5 Å². The van der Waals surface area contributed by atoms with E-state index >= 15 is 0 Å². The summed E-state index contributed by atoms with van der Waals surface area (Å²) in [5.74, 6) is -0.0860. The number of aromatic nitrogens is 3. The van der Waals surface area contributed by atoms with E-state index in [-0.39, 0.29) is 17.7 Å². The molecule has 0 saturated carbocycles. The van der Waals surface area contributed by atoms with Crippen molar-refractivity contribution in [1.29, 1.82) is 0 Å². The van der Waals surface area contributed by atoms with Crippen molar-refractivity contribution in [2.24, 2.45) is 5.73 Å². The van der Waals surface area contributed by atoms with Crippen molar-refractivity contribution in [3.63, 3.8) is 0 Å². The molecule has 2 saturated heterocycles. The van der Waals surface area contributed by atoms with Crippen molar-refractivity contribution in [3.05, 3.63) is 47.8 Å². The van der Waals surface area contributed by atoms with Crippen molar-refractivity contribution in [2.75, 3.05) is 44.7 Å². The van der Waals surface area contributed by atoms with Crippen molar-refractivity contribution in [2.45, 2.75) is 72.1 Å². The molecule has 11 heteroatoms. The number of rotatable bonds is 6. The molecule has 0 bridgehead atoms. The molecule has 1 atom stereocenters. The lowest BCUT2D eigenvalue weighted by Crippen LogP contribution is -2.42. The average molecular weight is 592 g/mol. The number of carbonyl (C=O) groups is 2. The first kappa shape index (κ1) is 32.1. The maximum Gasteiger partial charge on any atom is 0.410 e. The number of carbonyl (C=O) groups excluding carboxylic acids is 2. The Hall–Kier alpha value is -3.83. The van der Waals surface area contributed by atoms with Crippen LogP contribution in [0.5, 0.6) is 0 Å². The summed E-state index contributed by atoms with van der Waals surface area (Å²) in [5, 5.41) is 3.48. The maximum atomic E-state index is 12.8. The molecule has 11 nitrogen and oxygen atoms in total. The van der Waals surface area contributed by atoms with Gasteiger partial charge in [-0.3, -0.25) is 9.69 Å². The summed E-state index contributed by atoms with van der Waals surface area (Å²) in [6.45, 7) is 14.9. The quantitative estimate of drug-likeness (QED) is 0.412. The maximum absolute atomic E-state index is 12.8. The number of likely N-dealkylation sites (tertiary alicyclic amines) is 1. The van der Waals surface area contributed by atoms with Crippen LogP contribution in [0.25, 0.3) is 22.3 Å². The Labute approximate surface area is 254 Å². The Morgan fingerprint density at radius 1 is 1.05 bits per heavy atom. The Bertz CT molecular complexity index is 1380. The smallest absolute Gasteiger partial charge is 0.410 e. The highest BCUT2D eigenvalue weighted by Gasteiger charge is 2.27. The summed E-state index contributed by atoms with van der Waals surface area (Å²) >= 11 is 0. The van der Waals surface area contributed by atoms with Gasteiger partial charge in [0.15, 0.2) is 5.82 Å². The third-order valence-electron chi connectivity index (χ3n) is 7.28. The number of amides is 2. The number of anilines is 1. The second-order valence-electron chi connectivity index (χ2n) is 11.7. The highest BCUT2D eigenvalue weighted by molar-refractivity contribution is 6.06. The monoisotopic (exact) mass is 591 g/mol. The molecule has 2 amide bonds. The normalized spacial score (nSPS) is 17.9. The Kier molecular flexibility index (Phi) is 10.9. The zero-order chi connectivity index (χ0) is 31.0. The van der Waals surface area contributed by atoms with Gasteiger partial charge in [-0.05, 0) is 51.7 Å². The number of fused-ring (bicyclic) bond motifs is 1. The summed E-state index contributed by atoms with van der Waals surface area (Å²) in [7, 11) is 0. The first-order chi connectivity index (χ1) is 20.7. The Morgan fingerprint density at radius 2 is 1.77 bits per heavy atom. The third-order valence-corrected chi connectivity index (χ3v) is 7.28. The summed E-state index contributed by atoms with van der Waals surface area (Å²) in [5.41, 5.74) is 9.02. The van der Waals surface area contributed by atoms with E-state index in [1.165, 1.54) is 11.9 Å². The van der Waals surface area contributed by atoms with Crippen LogP contribution >= 0.6 is 0 Å². The molecule has 2 aliphatic rings. The van der Waals surface area contributed by atoms with E-state index in [0.717, 1.165) is 57.7 Å². The van der Waals surface area contributed by atoms with Crippen molar-refractivity contribution in [3.8, 4) is 11.3 Å². The zero-order valence-electron chi connectivity index (χ0n) is 26.1. The minimum Gasteiger partial charge on any atom is -0.444 e. The van der Waals surface area contributed by atoms with Crippen LogP contribution in [0.4, 0.5) is 10.6 Å². The molecule has 5 rings (SSSR count). The predicted molar refractivity (Wildman–Crippen MR) is 168 cm³/mol. The number of nitrogens with zero attached hydrogens (tertiary/aromatic N) is 5. The molecular formula is C32H45N7O4. The second kappa shape index (κ2) is 14.6. The SMILES string of the molecule is CC.CC(C)(C)OC(=O)N1CCCCC(Nc2ncnc3c(C(N)=O)cc(-c4ccc(CN5CCOCC5)cc4)nc23)C1. The minimum atomic E-state index is -0.585. The molecule has 3 aromatic rings. The Morgan fingerprint density at radius 3 is 2.44 bits per heavy atom. The highest BCUT2D eigenvalue weighted by atomic mass is 16.6. The van der Waals surface area contributed by atoms with E-state index in [1.807, 2.05) is 46.8 Å². The van der Waals surface area contributed by atoms with Crippen LogP contribution in [0.1, 0.15) is 69.8 Å². The van der Waals surface area contributed by atoms with Crippen LogP contribution in [0, 0.1) is 0 Å². The first-order valence-electron chi connectivity index (χ1n) is 15.3. The number of nitrogens with one attached hydrogen (secondary N) is 1. The van der Waals surface area contributed by atoms with E-state index in [1.54, 1.807) is 11.0 Å². The lowest BCUT2D eigenvalue weighted by atomic mass is 10.0. The van der Waals surface area contributed by atoms with Gasteiger partial charge in [-0.1, -0.05) is 38.1 Å². The van der Waals surface area contributed by atoms with Gasteiger partial charge in [0.1, 0.15) is 23.0 Å². The molecule has 0 aliphatic carbocycles. The fourth-order valence-corrected chi connectivity index (χ4v) is 5.22. The van der Waals surface area contributed by atoms with E-state index < -0.39 is 11.5 Å². The van der Waals surface area contributed by atoms with Gasteiger partial charge in [-0.25, -0.2) is 19.7 Å². The van der Waals surface area contributed by atoms with Gasteiger partial charge in [-0.15, -0.1) is 0 Å². The molecule has 43 heavy (non-hydrogen) atoms. The molecule has 1 unspecified atom stereocenters. The van der Waals surface area contributed by atoms with Crippen LogP contribution in [0.15, 0.2) is 36.7 Å². The van der Waals surface area contributed by atoms with Crippen LogP contribution in [0.3, 0.4) is 0 Å². The summed E-state index contributed by atoms with van der Waals surface area (Å²) in [6.07, 6.45) is 3.76. The molecule has 3 N–H and O–H groups in total. The Balaban J connectivity index is 0.00000207. The van der Waals surface area contributed by atoms with Crippen molar-refractivity contribution in [1.82, 2.24) is 24.8 Å². The van der Waals surface area contributed by atoms with Crippen molar-refractivity contribution >= 4 is 28.9 Å². The van der Waals surface area contributed by atoms with E-state index in [9.17, 15) is 9.59 Å². The van der Waals surface area contributed by atoms with Gasteiger partial charge >= 0.3 is 6.09 Å². The molecule has 4 heterocycles. The molecule has 1 aromatic carbocycles. The van der Waals surface area contributed by atoms with Crippen LogP contribution < -0.4 is 11.1 Å². The lowest BCUT2D eigenvalue weighted by Gasteiger charge is -2.28. The second-order valence-corrected chi connectivity index (χ2v) is 11.7. The standard InChI is InChI=1S/C30H39N7O4.C2H6/c1-30(2,3)41-29(39)37-11-5-4-6-22(18-37)34-28-26-25(32-19-33-28)23(27(31)38)16-24(35-26)21-9-7-20(8-10-21)17-36-12-14-40-15-13-36;1-2/h7-10,16,19,22H,4-6,11-15,17-18H2,1-3H3,(H2,31,38)(H,32,33,34);1-2H3. The fraction of sp³-hybridized carbons (Fsp3) is 0.531. The van der Waals surface area contributed by atoms with E-state index in [4.69, 9.17) is 20.2 Å². The number of pyridine rings is 1. The topological polar surface area (TPSA) is 136 Å². The van der Waals surface area contributed by atoms with Crippen LogP contribution in [-0.2, 0) is 16.0 Å². The fourth-order valence-electron chi connectivity index (χ4n) is 5.22. The number of hydrogen-bond acceptors (Lipinski definition) is 9. The highest BCUT2D eigenvalue weighted by Crippen LogP contribution is 2.28. The van der Waals surface area contributed by atoms with Crippen LogP contribution in [-0.4, -0.2) is 87.8 Å². The van der Waals surface area contributed by atoms with Crippen LogP contribution in [0.2, 0.25) is 0 Å². The summed E-state index contributed by atoms with van der Waals surface area (Å²) in [4.78, 5) is 43.2. The van der Waals surface area contributed by atoms with Gasteiger partial charge < -0.3 is 25.4 Å². The molecule has 2 aliphatic heterocycles. The summed E-state index contributed by atoms with van der Waals surface area (Å²) in [6, 6.07) is 9.79. The largest absolute Gasteiger partial charge is 0.444 e. The van der Waals surface area contributed by atoms with Gasteiger partial charge in [-0.2, -0.15) is 0 Å². The minimum absolute atomic E-state index is 0.0786. The van der Waals surface area contributed by atoms with Gasteiger partial charge in [0.2, 0.25) is 0 Å². The number of primary amides is 1. The van der Waals surface area contributed by atoms with E-state index in [2.05, 4.69) is 32.3 Å². The lowest BCUT2D eigenvalue weighted by molar-refractivity contribution is 0.0252. The molecular weight excluding hydrogens is 546 g/mol. The zero-order valence-corrected chi connectivity index (χ0v) is 26.1. The summed E-state index contributed by atoms with van der Waals surface area (Å²) < 4.78 is 11.1. The average Bonchev–Trinajstić information content (AvgIpc) is 3.24. The number of nitrogens with two attached hydrogens (primary N) is 1. The third kappa shape index (κ3) is 8.61. The molecule has 0 spiro atoms. The van der Waals surface area contributed by atoms with Gasteiger partial charge in [0, 0.05) is 44.3 Å². The van der Waals surface area contributed by atoms with Crippen molar-refractivity contribution < 1.29 is 19.1 Å². The number of morpholine rings is 1. The number of ether oxygens (including phenoxy) is 2. The van der Waals surface area contributed by atoms with E-state index in [0.29, 0.717) is 35.6 Å². The molecule has 0 radical (unpaired) electrons. The first-order valence-corrected chi connectivity index (χ1v) is 15.3. The number of benzene rings is 1. The number of hydrogen-bond donors (Lipinski definition) is 2. The van der Waals surface area contributed by atoms with Gasteiger partial charge in [0.25, 0.3) is 5.91 Å². The molecule has 232 valence electrons. The predicted octanol–water partition coefficient (Wildman–Crippen LogP) is 4.85. The molecule has 2 aromatic heterocycles.